The van der Waals surface area contributed by atoms with Crippen LogP contribution in [0.25, 0.3) is 10.6 Å². The van der Waals surface area contributed by atoms with Crippen LogP contribution < -0.4 is 5.32 Å². The van der Waals surface area contributed by atoms with E-state index in [1.54, 1.807) is 19.2 Å². The number of hydrogen-bond donors (Lipinski definition) is 2. The van der Waals surface area contributed by atoms with Crippen LogP contribution in [0.1, 0.15) is 5.69 Å². The first-order valence-corrected chi connectivity index (χ1v) is 7.14. The number of nitrogens with zero attached hydrogens (tertiary/aromatic N) is 1. The monoisotopic (exact) mass is 296 g/mol. The summed E-state index contributed by atoms with van der Waals surface area (Å²) in [5.41, 5.74) is 1.79. The molecule has 1 atom stereocenters. The van der Waals surface area contributed by atoms with Crippen LogP contribution in [-0.4, -0.2) is 36.5 Å². The fourth-order valence-corrected chi connectivity index (χ4v) is 2.57. The van der Waals surface area contributed by atoms with Crippen LogP contribution >= 0.6 is 11.3 Å². The molecule has 20 heavy (non-hydrogen) atoms. The highest BCUT2D eigenvalue weighted by Crippen LogP contribution is 2.23. The first kappa shape index (κ1) is 15.1. The molecule has 0 spiro atoms. The lowest BCUT2D eigenvalue weighted by atomic mass is 10.2. The highest BCUT2D eigenvalue weighted by molar-refractivity contribution is 7.13. The predicted molar refractivity (Wildman–Crippen MR) is 77.1 cm³/mol. The lowest BCUT2D eigenvalue weighted by Crippen LogP contribution is -2.35. The molecule has 0 radical (unpaired) electrons. The van der Waals surface area contributed by atoms with Crippen LogP contribution in [0.15, 0.2) is 29.6 Å². The van der Waals surface area contributed by atoms with E-state index in [-0.39, 0.29) is 18.5 Å². The number of ether oxygens (including phenoxy) is 1. The third kappa shape index (κ3) is 4.08. The molecule has 0 amide bonds. The third-order valence-corrected chi connectivity index (χ3v) is 3.74. The fraction of sp³-hybridized carbons (Fsp3) is 0.357. The lowest BCUT2D eigenvalue weighted by molar-refractivity contribution is 0.128. The Bertz CT molecular complexity index is 530. The number of aliphatic hydroxyl groups excluding tert-OH is 1. The molecule has 2 rings (SSSR count). The van der Waals surface area contributed by atoms with Crippen LogP contribution in [0.2, 0.25) is 0 Å². The zero-order valence-corrected chi connectivity index (χ0v) is 12.0. The summed E-state index contributed by atoms with van der Waals surface area (Å²) in [4.78, 5) is 4.49. The van der Waals surface area contributed by atoms with Gasteiger partial charge in [0, 0.05) is 24.6 Å². The summed E-state index contributed by atoms with van der Waals surface area (Å²) in [6.45, 7) is 1.03. The van der Waals surface area contributed by atoms with Crippen molar-refractivity contribution in [1.82, 2.24) is 10.3 Å². The molecule has 0 aliphatic rings. The number of rotatable bonds is 7. The molecule has 0 fully saturated rings. The van der Waals surface area contributed by atoms with Crippen molar-refractivity contribution < 1.29 is 14.2 Å². The van der Waals surface area contributed by atoms with Gasteiger partial charge in [-0.25, -0.2) is 9.37 Å². The molecule has 1 aromatic carbocycles. The minimum atomic E-state index is -0.252. The molecule has 0 aliphatic heterocycles. The molecule has 6 heteroatoms. The van der Waals surface area contributed by atoms with Crippen LogP contribution in [0.4, 0.5) is 4.39 Å². The molecule has 1 aromatic heterocycles. The average molecular weight is 296 g/mol. The molecule has 0 saturated heterocycles. The van der Waals surface area contributed by atoms with E-state index in [2.05, 4.69) is 10.3 Å². The topological polar surface area (TPSA) is 54.4 Å². The van der Waals surface area contributed by atoms with Crippen LogP contribution in [0, 0.1) is 5.82 Å². The number of methoxy groups -OCH3 is 1. The van der Waals surface area contributed by atoms with Gasteiger partial charge in [-0.05, 0) is 24.3 Å². The second-order valence-electron chi connectivity index (χ2n) is 4.37. The fourth-order valence-electron chi connectivity index (χ4n) is 1.74. The number of hydrogen-bond acceptors (Lipinski definition) is 5. The van der Waals surface area contributed by atoms with Crippen molar-refractivity contribution in [3.63, 3.8) is 0 Å². The SMILES string of the molecule is COCC(CO)NCc1csc(-c2ccc(F)cc2)n1. The Kier molecular flexibility index (Phi) is 5.60. The minimum Gasteiger partial charge on any atom is -0.395 e. The van der Waals surface area contributed by atoms with Crippen LogP contribution in [0.3, 0.4) is 0 Å². The van der Waals surface area contributed by atoms with Crippen molar-refractivity contribution in [2.75, 3.05) is 20.3 Å². The lowest BCUT2D eigenvalue weighted by Gasteiger charge is -2.13. The molecule has 2 N–H and O–H groups in total. The van der Waals surface area contributed by atoms with E-state index in [0.717, 1.165) is 16.3 Å². The van der Waals surface area contributed by atoms with Gasteiger partial charge in [-0.1, -0.05) is 0 Å². The molecule has 1 unspecified atom stereocenters. The van der Waals surface area contributed by atoms with E-state index >= 15 is 0 Å². The molecular formula is C14H17FN2O2S. The Labute approximate surface area is 121 Å². The van der Waals surface area contributed by atoms with Crippen molar-refractivity contribution in [1.29, 1.82) is 0 Å². The number of halogens is 1. The summed E-state index contributed by atoms with van der Waals surface area (Å²) in [6.07, 6.45) is 0. The van der Waals surface area contributed by atoms with E-state index in [1.165, 1.54) is 23.5 Å². The molecule has 0 saturated carbocycles. The van der Waals surface area contributed by atoms with Gasteiger partial charge in [0.15, 0.2) is 0 Å². The molecule has 0 aliphatic carbocycles. The largest absolute Gasteiger partial charge is 0.395 e. The molecule has 0 bridgehead atoms. The number of nitrogens with one attached hydrogen (secondary N) is 1. The summed E-state index contributed by atoms with van der Waals surface area (Å²) in [5.74, 6) is -0.252. The van der Waals surface area contributed by atoms with Gasteiger partial charge in [0.2, 0.25) is 0 Å². The van der Waals surface area contributed by atoms with Gasteiger partial charge < -0.3 is 15.2 Å². The highest BCUT2D eigenvalue weighted by atomic mass is 32.1. The Morgan fingerprint density at radius 2 is 2.15 bits per heavy atom. The van der Waals surface area contributed by atoms with Gasteiger partial charge >= 0.3 is 0 Å². The Balaban J connectivity index is 1.96. The van der Waals surface area contributed by atoms with Crippen molar-refractivity contribution in [2.45, 2.75) is 12.6 Å². The average Bonchev–Trinajstić information content (AvgIpc) is 2.93. The van der Waals surface area contributed by atoms with Crippen molar-refractivity contribution >= 4 is 11.3 Å². The van der Waals surface area contributed by atoms with Gasteiger partial charge in [-0.2, -0.15) is 0 Å². The summed E-state index contributed by atoms with van der Waals surface area (Å²) in [6, 6.07) is 6.18. The smallest absolute Gasteiger partial charge is 0.123 e. The Morgan fingerprint density at radius 3 is 2.80 bits per heavy atom. The number of benzene rings is 1. The van der Waals surface area contributed by atoms with Crippen molar-refractivity contribution in [3.8, 4) is 10.6 Å². The summed E-state index contributed by atoms with van der Waals surface area (Å²) in [7, 11) is 1.60. The summed E-state index contributed by atoms with van der Waals surface area (Å²) in [5, 5.41) is 15.1. The maximum absolute atomic E-state index is 12.9. The van der Waals surface area contributed by atoms with E-state index in [1.807, 2.05) is 5.38 Å². The van der Waals surface area contributed by atoms with Crippen molar-refractivity contribution in [3.05, 3.63) is 41.2 Å². The maximum atomic E-state index is 12.9. The second-order valence-corrected chi connectivity index (χ2v) is 5.22. The van der Waals surface area contributed by atoms with E-state index < -0.39 is 0 Å². The first-order valence-electron chi connectivity index (χ1n) is 6.26. The summed E-state index contributed by atoms with van der Waals surface area (Å²) >= 11 is 1.51. The van der Waals surface area contributed by atoms with E-state index in [0.29, 0.717) is 13.2 Å². The first-order chi connectivity index (χ1) is 9.72. The van der Waals surface area contributed by atoms with Gasteiger partial charge in [0.25, 0.3) is 0 Å². The second kappa shape index (κ2) is 7.44. The normalized spacial score (nSPS) is 12.6. The maximum Gasteiger partial charge on any atom is 0.123 e. The van der Waals surface area contributed by atoms with Crippen LogP contribution in [0.5, 0.6) is 0 Å². The minimum absolute atomic E-state index is 0.0167. The van der Waals surface area contributed by atoms with Gasteiger partial charge in [-0.3, -0.25) is 0 Å². The molecule has 2 aromatic rings. The van der Waals surface area contributed by atoms with Gasteiger partial charge in [0.05, 0.1) is 24.9 Å². The van der Waals surface area contributed by atoms with Crippen LogP contribution in [-0.2, 0) is 11.3 Å². The molecule has 1 heterocycles. The Hall–Kier alpha value is -1.34. The Morgan fingerprint density at radius 1 is 1.40 bits per heavy atom. The van der Waals surface area contributed by atoms with Crippen molar-refractivity contribution in [2.24, 2.45) is 0 Å². The van der Waals surface area contributed by atoms with E-state index in [9.17, 15) is 4.39 Å². The molecular weight excluding hydrogens is 279 g/mol. The van der Waals surface area contributed by atoms with Gasteiger partial charge in [-0.15, -0.1) is 11.3 Å². The van der Waals surface area contributed by atoms with Gasteiger partial charge in [0.1, 0.15) is 10.8 Å². The third-order valence-electron chi connectivity index (χ3n) is 2.80. The number of aromatic nitrogens is 1. The quantitative estimate of drug-likeness (QED) is 0.821. The summed E-state index contributed by atoms with van der Waals surface area (Å²) < 4.78 is 17.9. The predicted octanol–water partition coefficient (Wildman–Crippen LogP) is 2.05. The highest BCUT2D eigenvalue weighted by Gasteiger charge is 2.09. The number of thiazole rings is 1. The molecule has 108 valence electrons. The number of aliphatic hydroxyl groups is 1. The zero-order valence-electron chi connectivity index (χ0n) is 11.2. The standard InChI is InChI=1S/C14H17FN2O2S/c1-19-8-13(7-18)16-6-12-9-20-14(17-12)10-2-4-11(15)5-3-10/h2-5,9,13,16,18H,6-8H2,1H3. The molecule has 4 nitrogen and oxygen atoms in total. The van der Waals surface area contributed by atoms with E-state index in [4.69, 9.17) is 9.84 Å². The zero-order chi connectivity index (χ0) is 14.4.